The Bertz CT molecular complexity index is 554. The fourth-order valence-electron chi connectivity index (χ4n) is 1.84. The molecule has 1 aromatic rings. The smallest absolute Gasteiger partial charge is 0.218 e. The van der Waals surface area contributed by atoms with Crippen molar-refractivity contribution < 1.29 is 13.5 Å². The van der Waals surface area contributed by atoms with E-state index in [1.807, 2.05) is 6.07 Å². The Morgan fingerprint density at radius 1 is 1.33 bits per heavy atom. The molecule has 18 heavy (non-hydrogen) atoms. The van der Waals surface area contributed by atoms with Gasteiger partial charge in [-0.15, -0.1) is 0 Å². The van der Waals surface area contributed by atoms with Crippen LogP contribution in [0.25, 0.3) is 0 Å². The van der Waals surface area contributed by atoms with Crippen LogP contribution in [0.4, 0.5) is 0 Å². The van der Waals surface area contributed by atoms with E-state index in [0.29, 0.717) is 24.2 Å². The quantitative estimate of drug-likeness (QED) is 0.850. The van der Waals surface area contributed by atoms with E-state index in [1.165, 1.54) is 4.31 Å². The van der Waals surface area contributed by atoms with Gasteiger partial charge in [0.1, 0.15) is 0 Å². The summed E-state index contributed by atoms with van der Waals surface area (Å²) in [6, 6.07) is 8.51. The highest BCUT2D eigenvalue weighted by molar-refractivity contribution is 7.88. The fourth-order valence-corrected chi connectivity index (χ4v) is 3.51. The summed E-state index contributed by atoms with van der Waals surface area (Å²) in [7, 11) is -3.30. The molecule has 6 heteroatoms. The number of nitriles is 1. The molecule has 0 unspecified atom stereocenters. The standard InChI is InChI=1S/C12H14N2O3S/c13-5-10-1-3-11(4-2-10)9-18(16,17)14-6-12(7-14)8-15/h1-4,12,15H,6-9H2. The van der Waals surface area contributed by atoms with Gasteiger partial charge in [0, 0.05) is 25.6 Å². The SMILES string of the molecule is N#Cc1ccc(CS(=O)(=O)N2CC(CO)C2)cc1. The highest BCUT2D eigenvalue weighted by Gasteiger charge is 2.34. The maximum absolute atomic E-state index is 12.0. The fraction of sp³-hybridized carbons (Fsp3) is 0.417. The first-order valence-electron chi connectivity index (χ1n) is 5.63. The third kappa shape index (κ3) is 2.70. The second-order valence-electron chi connectivity index (χ2n) is 4.43. The molecule has 0 amide bonds. The van der Waals surface area contributed by atoms with Crippen molar-refractivity contribution in [3.63, 3.8) is 0 Å². The first kappa shape index (κ1) is 13.0. The first-order valence-corrected chi connectivity index (χ1v) is 7.24. The predicted octanol–water partition coefficient (Wildman–Crippen LogP) is 0.312. The minimum atomic E-state index is -3.30. The number of aliphatic hydroxyl groups excluding tert-OH is 1. The highest BCUT2D eigenvalue weighted by Crippen LogP contribution is 2.21. The lowest BCUT2D eigenvalue weighted by atomic mass is 10.1. The molecule has 1 aromatic carbocycles. The van der Waals surface area contributed by atoms with Crippen LogP contribution in [-0.2, 0) is 15.8 Å². The first-order chi connectivity index (χ1) is 8.55. The Kier molecular flexibility index (Phi) is 3.66. The average Bonchev–Trinajstić information content (AvgIpc) is 2.27. The van der Waals surface area contributed by atoms with Crippen molar-refractivity contribution in [3.05, 3.63) is 35.4 Å². The van der Waals surface area contributed by atoms with Crippen LogP contribution in [0.5, 0.6) is 0 Å². The van der Waals surface area contributed by atoms with E-state index in [-0.39, 0.29) is 18.3 Å². The summed E-state index contributed by atoms with van der Waals surface area (Å²) in [5.41, 5.74) is 1.18. The van der Waals surface area contributed by atoms with E-state index < -0.39 is 10.0 Å². The highest BCUT2D eigenvalue weighted by atomic mass is 32.2. The van der Waals surface area contributed by atoms with Gasteiger partial charge in [-0.05, 0) is 17.7 Å². The Labute approximate surface area is 106 Å². The van der Waals surface area contributed by atoms with Gasteiger partial charge in [-0.2, -0.15) is 5.26 Å². The normalized spacial score (nSPS) is 17.1. The lowest BCUT2D eigenvalue weighted by Gasteiger charge is -2.36. The zero-order chi connectivity index (χ0) is 13.2. The molecule has 1 N–H and O–H groups in total. The molecule has 2 rings (SSSR count). The molecule has 1 fully saturated rings. The van der Waals surface area contributed by atoms with Crippen molar-refractivity contribution in [3.8, 4) is 6.07 Å². The maximum Gasteiger partial charge on any atom is 0.218 e. The summed E-state index contributed by atoms with van der Waals surface area (Å²) in [4.78, 5) is 0. The molecule has 0 bridgehead atoms. The van der Waals surface area contributed by atoms with Gasteiger partial charge in [0.2, 0.25) is 10.0 Å². The summed E-state index contributed by atoms with van der Waals surface area (Å²) >= 11 is 0. The Morgan fingerprint density at radius 3 is 2.44 bits per heavy atom. The number of sulfonamides is 1. The lowest BCUT2D eigenvalue weighted by Crippen LogP contribution is -2.51. The van der Waals surface area contributed by atoms with E-state index in [0.717, 1.165) is 0 Å². The van der Waals surface area contributed by atoms with Crippen LogP contribution < -0.4 is 0 Å². The topological polar surface area (TPSA) is 81.4 Å². The Balaban J connectivity index is 2.02. The van der Waals surface area contributed by atoms with E-state index in [4.69, 9.17) is 10.4 Å². The molecule has 0 radical (unpaired) electrons. The maximum atomic E-state index is 12.0. The Morgan fingerprint density at radius 2 is 1.94 bits per heavy atom. The van der Waals surface area contributed by atoms with Gasteiger partial charge in [0.15, 0.2) is 0 Å². The summed E-state index contributed by atoms with van der Waals surface area (Å²) < 4.78 is 25.3. The van der Waals surface area contributed by atoms with Crippen molar-refractivity contribution in [2.75, 3.05) is 19.7 Å². The van der Waals surface area contributed by atoms with Crippen LogP contribution in [0.2, 0.25) is 0 Å². The molecular formula is C12H14N2O3S. The van der Waals surface area contributed by atoms with E-state index in [1.54, 1.807) is 24.3 Å². The number of hydrogen-bond acceptors (Lipinski definition) is 4. The van der Waals surface area contributed by atoms with Crippen LogP contribution >= 0.6 is 0 Å². The predicted molar refractivity (Wildman–Crippen MR) is 65.9 cm³/mol. The van der Waals surface area contributed by atoms with Gasteiger partial charge >= 0.3 is 0 Å². The molecule has 0 spiro atoms. The molecule has 96 valence electrons. The van der Waals surface area contributed by atoms with Gasteiger partial charge in [0.05, 0.1) is 17.4 Å². The second-order valence-corrected chi connectivity index (χ2v) is 6.40. The molecule has 0 atom stereocenters. The monoisotopic (exact) mass is 266 g/mol. The molecule has 1 heterocycles. The van der Waals surface area contributed by atoms with Crippen LogP contribution in [0.1, 0.15) is 11.1 Å². The van der Waals surface area contributed by atoms with E-state index >= 15 is 0 Å². The molecule has 1 aliphatic rings. The van der Waals surface area contributed by atoms with Crippen molar-refractivity contribution in [2.24, 2.45) is 5.92 Å². The summed E-state index contributed by atoms with van der Waals surface area (Å²) in [6.07, 6.45) is 0. The van der Waals surface area contributed by atoms with E-state index in [9.17, 15) is 8.42 Å². The van der Waals surface area contributed by atoms with Crippen LogP contribution in [0.3, 0.4) is 0 Å². The number of benzene rings is 1. The average molecular weight is 266 g/mol. The molecule has 5 nitrogen and oxygen atoms in total. The molecule has 1 aliphatic heterocycles. The molecule has 0 aliphatic carbocycles. The van der Waals surface area contributed by atoms with Gasteiger partial charge < -0.3 is 5.11 Å². The zero-order valence-electron chi connectivity index (χ0n) is 9.78. The number of rotatable bonds is 4. The van der Waals surface area contributed by atoms with Gasteiger partial charge in [0.25, 0.3) is 0 Å². The van der Waals surface area contributed by atoms with E-state index in [2.05, 4.69) is 0 Å². The van der Waals surface area contributed by atoms with Crippen LogP contribution in [-0.4, -0.2) is 37.5 Å². The number of hydrogen-bond donors (Lipinski definition) is 1. The van der Waals surface area contributed by atoms with Crippen molar-refractivity contribution in [1.29, 1.82) is 5.26 Å². The number of nitrogens with zero attached hydrogens (tertiary/aromatic N) is 2. The Hall–Kier alpha value is -1.42. The van der Waals surface area contributed by atoms with Crippen LogP contribution in [0, 0.1) is 17.2 Å². The molecule has 1 saturated heterocycles. The minimum absolute atomic E-state index is 0.0306. The third-order valence-electron chi connectivity index (χ3n) is 3.01. The summed E-state index contributed by atoms with van der Waals surface area (Å²) in [5.74, 6) is 0.0115. The minimum Gasteiger partial charge on any atom is -0.396 e. The summed E-state index contributed by atoms with van der Waals surface area (Å²) in [5, 5.41) is 17.5. The zero-order valence-corrected chi connectivity index (χ0v) is 10.6. The lowest BCUT2D eigenvalue weighted by molar-refractivity contribution is 0.117. The molecule has 0 saturated carbocycles. The van der Waals surface area contributed by atoms with Crippen LogP contribution in [0.15, 0.2) is 24.3 Å². The summed E-state index contributed by atoms with van der Waals surface area (Å²) in [6.45, 7) is 0.826. The third-order valence-corrected chi connectivity index (χ3v) is 4.79. The molecule has 0 aromatic heterocycles. The number of aliphatic hydroxyl groups is 1. The van der Waals surface area contributed by atoms with Gasteiger partial charge in [-0.1, -0.05) is 12.1 Å². The van der Waals surface area contributed by atoms with Crippen molar-refractivity contribution in [2.45, 2.75) is 5.75 Å². The largest absolute Gasteiger partial charge is 0.396 e. The van der Waals surface area contributed by atoms with Crippen molar-refractivity contribution >= 4 is 10.0 Å². The molecular weight excluding hydrogens is 252 g/mol. The van der Waals surface area contributed by atoms with Crippen molar-refractivity contribution in [1.82, 2.24) is 4.31 Å². The van der Waals surface area contributed by atoms with Gasteiger partial charge in [-0.3, -0.25) is 0 Å². The van der Waals surface area contributed by atoms with Gasteiger partial charge in [-0.25, -0.2) is 12.7 Å². The second kappa shape index (κ2) is 5.06.